The van der Waals surface area contributed by atoms with Gasteiger partial charge in [-0.15, -0.1) is 0 Å². The van der Waals surface area contributed by atoms with Crippen LogP contribution in [0.5, 0.6) is 0 Å². The summed E-state index contributed by atoms with van der Waals surface area (Å²) in [7, 11) is 0. The fourth-order valence-corrected chi connectivity index (χ4v) is 3.85. The summed E-state index contributed by atoms with van der Waals surface area (Å²) in [6.45, 7) is 2.22. The van der Waals surface area contributed by atoms with Crippen molar-refractivity contribution in [2.24, 2.45) is 0 Å². The van der Waals surface area contributed by atoms with Crippen LogP contribution in [-0.2, 0) is 6.42 Å². The van der Waals surface area contributed by atoms with Gasteiger partial charge < -0.3 is 0 Å². The summed E-state index contributed by atoms with van der Waals surface area (Å²) >= 11 is 5.96. The van der Waals surface area contributed by atoms with Crippen molar-refractivity contribution in [3.63, 3.8) is 0 Å². The molecular weight excluding hydrogens is 355 g/mol. The summed E-state index contributed by atoms with van der Waals surface area (Å²) in [6, 6.07) is 21.7. The normalized spacial score (nSPS) is 11.4. The minimum atomic E-state index is -0.204. The minimum absolute atomic E-state index is 0.204. The van der Waals surface area contributed by atoms with Gasteiger partial charge in [0.2, 0.25) is 0 Å². The van der Waals surface area contributed by atoms with Crippen molar-refractivity contribution in [3.8, 4) is 11.1 Å². The number of halogens is 2. The second kappa shape index (κ2) is 7.70. The lowest BCUT2D eigenvalue weighted by atomic mass is 9.95. The molecule has 4 aromatic carbocycles. The minimum Gasteiger partial charge on any atom is -0.206 e. The predicted octanol–water partition coefficient (Wildman–Crippen LogP) is 8.19. The van der Waals surface area contributed by atoms with Crippen LogP contribution in [0.3, 0.4) is 0 Å². The second-order valence-corrected chi connectivity index (χ2v) is 7.57. The molecule has 0 fully saturated rings. The second-order valence-electron chi connectivity index (χ2n) is 7.14. The van der Waals surface area contributed by atoms with Crippen LogP contribution in [0.1, 0.15) is 31.7 Å². The monoisotopic (exact) mass is 376 g/mol. The summed E-state index contributed by atoms with van der Waals surface area (Å²) in [6.07, 6.45) is 4.81. The standard InChI is InChI=1S/C25H22ClF/c1-2-3-4-5-17-6-13-22-19(14-17)7-8-20-15-24(25(27)16-23(20)22)18-9-11-21(26)12-10-18/h6-16H,2-5H2,1H3. The van der Waals surface area contributed by atoms with Crippen LogP contribution in [0.25, 0.3) is 32.7 Å². The molecule has 0 aliphatic heterocycles. The van der Waals surface area contributed by atoms with Gasteiger partial charge in [0.15, 0.2) is 0 Å². The van der Waals surface area contributed by atoms with Gasteiger partial charge in [0.1, 0.15) is 5.82 Å². The number of rotatable bonds is 5. The fraction of sp³-hybridized carbons (Fsp3) is 0.200. The highest BCUT2D eigenvalue weighted by atomic mass is 35.5. The van der Waals surface area contributed by atoms with Crippen molar-refractivity contribution in [2.45, 2.75) is 32.6 Å². The lowest BCUT2D eigenvalue weighted by molar-refractivity contribution is 0.633. The van der Waals surface area contributed by atoms with Crippen molar-refractivity contribution in [3.05, 3.63) is 83.1 Å². The largest absolute Gasteiger partial charge is 0.206 e. The summed E-state index contributed by atoms with van der Waals surface area (Å²) in [5.41, 5.74) is 2.80. The molecule has 0 N–H and O–H groups in total. The number of aryl methyl sites for hydroxylation is 1. The topological polar surface area (TPSA) is 0 Å². The molecule has 0 aliphatic carbocycles. The van der Waals surface area contributed by atoms with E-state index in [0.29, 0.717) is 10.6 Å². The molecule has 0 radical (unpaired) electrons. The van der Waals surface area contributed by atoms with E-state index >= 15 is 0 Å². The lowest BCUT2D eigenvalue weighted by Gasteiger charge is -2.10. The van der Waals surface area contributed by atoms with E-state index in [-0.39, 0.29) is 5.82 Å². The van der Waals surface area contributed by atoms with Crippen molar-refractivity contribution >= 4 is 33.1 Å². The Balaban J connectivity index is 1.78. The van der Waals surface area contributed by atoms with Gasteiger partial charge in [-0.2, -0.15) is 0 Å². The molecule has 2 heteroatoms. The smallest absolute Gasteiger partial charge is 0.131 e. The van der Waals surface area contributed by atoms with E-state index in [1.165, 1.54) is 30.2 Å². The molecular formula is C25H22ClF. The van der Waals surface area contributed by atoms with E-state index in [1.54, 1.807) is 18.2 Å². The SMILES string of the molecule is CCCCCc1ccc2c(ccc3cc(-c4ccc(Cl)cc4)c(F)cc32)c1. The van der Waals surface area contributed by atoms with Gasteiger partial charge in [0.05, 0.1) is 0 Å². The number of unbranched alkanes of at least 4 members (excludes halogenated alkanes) is 2. The van der Waals surface area contributed by atoms with Crippen LogP contribution < -0.4 is 0 Å². The Bertz CT molecular complexity index is 1100. The molecule has 0 aliphatic rings. The third-order valence-corrected chi connectivity index (χ3v) is 5.46. The van der Waals surface area contributed by atoms with Gasteiger partial charge in [-0.25, -0.2) is 4.39 Å². The Morgan fingerprint density at radius 3 is 2.26 bits per heavy atom. The molecule has 0 spiro atoms. The van der Waals surface area contributed by atoms with Crippen LogP contribution in [0.2, 0.25) is 5.02 Å². The predicted molar refractivity (Wildman–Crippen MR) is 115 cm³/mol. The summed E-state index contributed by atoms with van der Waals surface area (Å²) < 4.78 is 14.9. The molecule has 27 heavy (non-hydrogen) atoms. The average molecular weight is 377 g/mol. The highest BCUT2D eigenvalue weighted by molar-refractivity contribution is 6.30. The van der Waals surface area contributed by atoms with Crippen molar-refractivity contribution in [2.75, 3.05) is 0 Å². The third kappa shape index (κ3) is 3.70. The molecule has 0 nitrogen and oxygen atoms in total. The quantitative estimate of drug-likeness (QED) is 0.243. The Morgan fingerprint density at radius 2 is 1.52 bits per heavy atom. The molecule has 0 amide bonds. The van der Waals surface area contributed by atoms with Crippen LogP contribution in [0.15, 0.2) is 66.7 Å². The van der Waals surface area contributed by atoms with E-state index in [9.17, 15) is 4.39 Å². The molecule has 4 aromatic rings. The molecule has 4 rings (SSSR count). The molecule has 0 saturated carbocycles. The number of hydrogen-bond acceptors (Lipinski definition) is 0. The van der Waals surface area contributed by atoms with Crippen LogP contribution in [0.4, 0.5) is 4.39 Å². The Hall–Kier alpha value is -2.38. The van der Waals surface area contributed by atoms with Crippen LogP contribution in [0, 0.1) is 5.82 Å². The van der Waals surface area contributed by atoms with Gasteiger partial charge in [0, 0.05) is 10.6 Å². The molecule has 0 atom stereocenters. The van der Waals surface area contributed by atoms with Crippen molar-refractivity contribution in [1.29, 1.82) is 0 Å². The third-order valence-electron chi connectivity index (χ3n) is 5.21. The molecule has 0 unspecified atom stereocenters. The maximum absolute atomic E-state index is 14.9. The lowest BCUT2D eigenvalue weighted by Crippen LogP contribution is -1.89. The zero-order valence-corrected chi connectivity index (χ0v) is 16.2. The van der Waals surface area contributed by atoms with Gasteiger partial charge in [-0.05, 0) is 69.8 Å². The summed E-state index contributed by atoms with van der Waals surface area (Å²) in [5, 5.41) is 4.94. The molecule has 0 saturated heterocycles. The van der Waals surface area contributed by atoms with E-state index in [2.05, 4.69) is 37.3 Å². The first kappa shape index (κ1) is 18.0. The maximum atomic E-state index is 14.9. The summed E-state index contributed by atoms with van der Waals surface area (Å²) in [4.78, 5) is 0. The van der Waals surface area contributed by atoms with E-state index in [4.69, 9.17) is 11.6 Å². The molecule has 0 bridgehead atoms. The van der Waals surface area contributed by atoms with E-state index in [1.807, 2.05) is 18.2 Å². The fourth-order valence-electron chi connectivity index (χ4n) is 3.72. The Labute approximate surface area is 164 Å². The first-order valence-electron chi connectivity index (χ1n) is 9.56. The van der Waals surface area contributed by atoms with E-state index < -0.39 is 0 Å². The molecule has 0 aromatic heterocycles. The average Bonchev–Trinajstić information content (AvgIpc) is 2.68. The van der Waals surface area contributed by atoms with Crippen molar-refractivity contribution < 1.29 is 4.39 Å². The molecule has 136 valence electrons. The zero-order chi connectivity index (χ0) is 18.8. The molecule has 0 heterocycles. The van der Waals surface area contributed by atoms with Crippen LogP contribution in [-0.4, -0.2) is 0 Å². The number of hydrogen-bond donors (Lipinski definition) is 0. The maximum Gasteiger partial charge on any atom is 0.131 e. The first-order valence-corrected chi connectivity index (χ1v) is 9.94. The summed E-state index contributed by atoms with van der Waals surface area (Å²) in [5.74, 6) is -0.204. The van der Waals surface area contributed by atoms with Gasteiger partial charge in [0.25, 0.3) is 0 Å². The Morgan fingerprint density at radius 1 is 0.778 bits per heavy atom. The van der Waals surface area contributed by atoms with Crippen LogP contribution >= 0.6 is 11.6 Å². The van der Waals surface area contributed by atoms with Gasteiger partial charge >= 0.3 is 0 Å². The van der Waals surface area contributed by atoms with E-state index in [0.717, 1.165) is 28.1 Å². The van der Waals surface area contributed by atoms with Gasteiger partial charge in [-0.1, -0.05) is 73.8 Å². The highest BCUT2D eigenvalue weighted by Crippen LogP contribution is 2.33. The Kier molecular flexibility index (Phi) is 5.13. The van der Waals surface area contributed by atoms with Crippen molar-refractivity contribution in [1.82, 2.24) is 0 Å². The highest BCUT2D eigenvalue weighted by Gasteiger charge is 2.10. The number of fused-ring (bicyclic) bond motifs is 3. The first-order chi connectivity index (χ1) is 13.2. The van der Waals surface area contributed by atoms with Gasteiger partial charge in [-0.3, -0.25) is 0 Å². The number of benzene rings is 4. The zero-order valence-electron chi connectivity index (χ0n) is 15.4.